The van der Waals surface area contributed by atoms with Crippen LogP contribution in [0.1, 0.15) is 29.7 Å². The molecule has 0 bridgehead atoms. The monoisotopic (exact) mass is 465 g/mol. The lowest BCUT2D eigenvalue weighted by Gasteiger charge is -2.26. The quantitative estimate of drug-likeness (QED) is 0.279. The molecule has 0 atom stereocenters. The Labute approximate surface area is 196 Å². The van der Waals surface area contributed by atoms with Crippen molar-refractivity contribution < 1.29 is 9.53 Å². The summed E-state index contributed by atoms with van der Waals surface area (Å²) in [6.45, 7) is 4.94. The van der Waals surface area contributed by atoms with Crippen molar-refractivity contribution >= 4 is 44.7 Å². The molecule has 4 aromatic rings. The van der Waals surface area contributed by atoms with E-state index in [-0.39, 0.29) is 5.91 Å². The topological polar surface area (TPSA) is 46.8 Å². The van der Waals surface area contributed by atoms with E-state index in [0.29, 0.717) is 19.6 Å². The summed E-state index contributed by atoms with van der Waals surface area (Å²) in [6.07, 6.45) is 4.40. The molecule has 3 aromatic heterocycles. The number of thiophene rings is 1. The lowest BCUT2D eigenvalue weighted by Crippen LogP contribution is -2.40. The second kappa shape index (κ2) is 9.65. The van der Waals surface area contributed by atoms with Gasteiger partial charge in [0.2, 0.25) is 5.91 Å². The van der Waals surface area contributed by atoms with Crippen molar-refractivity contribution in [3.63, 3.8) is 0 Å². The zero-order chi connectivity index (χ0) is 21.9. The van der Waals surface area contributed by atoms with Gasteiger partial charge in [-0.05, 0) is 53.4 Å². The number of hydrogen-bond acceptors (Lipinski definition) is 5. The number of rotatable bonds is 7. The van der Waals surface area contributed by atoms with Gasteiger partial charge >= 0.3 is 0 Å². The van der Waals surface area contributed by atoms with Gasteiger partial charge in [-0.2, -0.15) is 0 Å². The van der Waals surface area contributed by atoms with Crippen LogP contribution in [0.15, 0.2) is 53.0 Å². The summed E-state index contributed by atoms with van der Waals surface area (Å²) in [6, 6.07) is 12.7. The molecule has 0 unspecified atom stereocenters. The first-order valence-corrected chi connectivity index (χ1v) is 13.0. The van der Waals surface area contributed by atoms with Crippen LogP contribution in [-0.4, -0.2) is 52.2 Å². The van der Waals surface area contributed by atoms with E-state index in [9.17, 15) is 4.79 Å². The highest BCUT2D eigenvalue weighted by atomic mass is 32.2. The summed E-state index contributed by atoms with van der Waals surface area (Å²) in [5.74, 6) is 1.13. The maximum Gasteiger partial charge on any atom is 0.222 e. The van der Waals surface area contributed by atoms with Gasteiger partial charge in [0.05, 0.1) is 18.9 Å². The highest BCUT2D eigenvalue weighted by Crippen LogP contribution is 2.33. The Hall–Kier alpha value is -2.35. The number of carbonyl (C=O) groups is 1. The average molecular weight is 466 g/mol. The smallest absolute Gasteiger partial charge is 0.222 e. The summed E-state index contributed by atoms with van der Waals surface area (Å²) >= 11 is 3.58. The van der Waals surface area contributed by atoms with Crippen LogP contribution in [0.3, 0.4) is 0 Å². The molecule has 7 heteroatoms. The molecule has 0 spiro atoms. The first kappa shape index (κ1) is 21.5. The normalized spacial score (nSPS) is 14.5. The van der Waals surface area contributed by atoms with Gasteiger partial charge in [-0.3, -0.25) is 4.79 Å². The molecule has 1 aliphatic heterocycles. The molecule has 5 rings (SSSR count). The molecule has 1 aromatic carbocycles. The van der Waals surface area contributed by atoms with Crippen LogP contribution in [-0.2, 0) is 16.0 Å². The van der Waals surface area contributed by atoms with Crippen molar-refractivity contribution in [1.29, 1.82) is 0 Å². The number of nitrogens with zero attached hydrogens (tertiary/aromatic N) is 3. The van der Waals surface area contributed by atoms with Crippen LogP contribution in [0, 0.1) is 6.92 Å². The number of aromatic nitrogens is 2. The van der Waals surface area contributed by atoms with Crippen LogP contribution in [0.4, 0.5) is 0 Å². The van der Waals surface area contributed by atoms with Crippen molar-refractivity contribution in [3.05, 3.63) is 64.8 Å². The van der Waals surface area contributed by atoms with Crippen molar-refractivity contribution in [2.45, 2.75) is 31.2 Å². The first-order chi connectivity index (χ1) is 15.7. The minimum absolute atomic E-state index is 0.240. The summed E-state index contributed by atoms with van der Waals surface area (Å²) < 4.78 is 8.89. The molecule has 4 heterocycles. The van der Waals surface area contributed by atoms with Gasteiger partial charge in [-0.15, -0.1) is 23.1 Å². The van der Waals surface area contributed by atoms with E-state index in [4.69, 9.17) is 9.72 Å². The summed E-state index contributed by atoms with van der Waals surface area (Å²) in [7, 11) is 0. The minimum Gasteiger partial charge on any atom is -0.378 e. The Bertz CT molecular complexity index is 1240. The number of benzene rings is 1. The zero-order valence-corrected chi connectivity index (χ0v) is 19.9. The molecule has 1 fully saturated rings. The number of pyridine rings is 1. The summed E-state index contributed by atoms with van der Waals surface area (Å²) in [5.41, 5.74) is 4.89. The van der Waals surface area contributed by atoms with Crippen molar-refractivity contribution in [2.75, 3.05) is 32.1 Å². The third-order valence-electron chi connectivity index (χ3n) is 5.97. The SMILES string of the molecule is Cc1cccc2scc(Cc3c(SCCCC(=O)N4CCOCC4)nc4ccccn34)c12. The minimum atomic E-state index is 0.240. The van der Waals surface area contributed by atoms with Gasteiger partial charge in [-0.1, -0.05) is 18.2 Å². The molecule has 0 N–H and O–H groups in total. The van der Waals surface area contributed by atoms with Gasteiger partial charge in [-0.25, -0.2) is 4.98 Å². The number of aryl methyl sites for hydroxylation is 1. The second-order valence-corrected chi connectivity index (χ2v) is 10.1. The average Bonchev–Trinajstić information content (AvgIpc) is 3.40. The lowest BCUT2D eigenvalue weighted by atomic mass is 10.0. The van der Waals surface area contributed by atoms with Crippen LogP contribution in [0.5, 0.6) is 0 Å². The fourth-order valence-electron chi connectivity index (χ4n) is 4.32. The molecule has 0 aliphatic carbocycles. The molecular formula is C25H27N3O2S2. The van der Waals surface area contributed by atoms with Gasteiger partial charge < -0.3 is 14.0 Å². The van der Waals surface area contributed by atoms with E-state index in [0.717, 1.165) is 42.4 Å². The van der Waals surface area contributed by atoms with Crippen molar-refractivity contribution in [3.8, 4) is 0 Å². The molecule has 166 valence electrons. The Morgan fingerprint density at radius 2 is 2.06 bits per heavy atom. The number of thioether (sulfide) groups is 1. The Kier molecular flexibility index (Phi) is 6.48. The Morgan fingerprint density at radius 3 is 2.94 bits per heavy atom. The van der Waals surface area contributed by atoms with E-state index in [1.807, 2.05) is 22.3 Å². The van der Waals surface area contributed by atoms with E-state index >= 15 is 0 Å². The number of morpholine rings is 1. The van der Waals surface area contributed by atoms with Crippen molar-refractivity contribution in [2.24, 2.45) is 0 Å². The third kappa shape index (κ3) is 4.42. The lowest BCUT2D eigenvalue weighted by molar-refractivity contribution is -0.135. The maximum atomic E-state index is 12.4. The number of amides is 1. The molecule has 1 aliphatic rings. The van der Waals surface area contributed by atoms with Gasteiger partial charge in [0, 0.05) is 42.6 Å². The molecule has 0 saturated carbocycles. The largest absolute Gasteiger partial charge is 0.378 e. The molecule has 1 saturated heterocycles. The summed E-state index contributed by atoms with van der Waals surface area (Å²) in [4.78, 5) is 19.3. The highest BCUT2D eigenvalue weighted by molar-refractivity contribution is 7.99. The Balaban J connectivity index is 1.32. The predicted molar refractivity (Wildman–Crippen MR) is 132 cm³/mol. The first-order valence-electron chi connectivity index (χ1n) is 11.1. The fraction of sp³-hybridized carbons (Fsp3) is 0.360. The summed E-state index contributed by atoms with van der Waals surface area (Å²) in [5, 5.41) is 4.73. The second-order valence-electron chi connectivity index (χ2n) is 8.12. The van der Waals surface area contributed by atoms with Crippen LogP contribution in [0.25, 0.3) is 15.7 Å². The highest BCUT2D eigenvalue weighted by Gasteiger charge is 2.18. The van der Waals surface area contributed by atoms with Gasteiger partial charge in [0.15, 0.2) is 0 Å². The molecule has 32 heavy (non-hydrogen) atoms. The van der Waals surface area contributed by atoms with Crippen molar-refractivity contribution in [1.82, 2.24) is 14.3 Å². The van der Waals surface area contributed by atoms with E-state index in [1.54, 1.807) is 11.8 Å². The third-order valence-corrected chi connectivity index (χ3v) is 8.06. The molecule has 1 amide bonds. The fourth-order valence-corrected chi connectivity index (χ4v) is 6.33. The standard InChI is InChI=1S/C25H27N3O2S2/c1-18-6-4-7-21-24(18)19(17-32-21)16-20-25(26-22-8-2-3-10-28(20)22)31-15-5-9-23(29)27-11-13-30-14-12-27/h2-4,6-8,10,17H,5,9,11-16H2,1H3. The van der Waals surface area contributed by atoms with Gasteiger partial charge in [0.1, 0.15) is 10.7 Å². The maximum absolute atomic E-state index is 12.4. The Morgan fingerprint density at radius 1 is 1.19 bits per heavy atom. The van der Waals surface area contributed by atoms with E-state index in [1.165, 1.54) is 26.9 Å². The van der Waals surface area contributed by atoms with Crippen LogP contribution < -0.4 is 0 Å². The molecule has 0 radical (unpaired) electrons. The molecular weight excluding hydrogens is 438 g/mol. The number of fused-ring (bicyclic) bond motifs is 2. The zero-order valence-electron chi connectivity index (χ0n) is 18.3. The van der Waals surface area contributed by atoms with E-state index in [2.05, 4.69) is 53.2 Å². The predicted octanol–water partition coefficient (Wildman–Crippen LogP) is 5.18. The number of hydrogen-bond donors (Lipinski definition) is 0. The van der Waals surface area contributed by atoms with Gasteiger partial charge in [0.25, 0.3) is 0 Å². The van der Waals surface area contributed by atoms with Crippen LogP contribution in [0.2, 0.25) is 0 Å². The number of ether oxygens (including phenoxy) is 1. The number of imidazole rings is 1. The molecule has 5 nitrogen and oxygen atoms in total. The number of carbonyl (C=O) groups excluding carboxylic acids is 1. The van der Waals surface area contributed by atoms with E-state index < -0.39 is 0 Å². The van der Waals surface area contributed by atoms with Crippen LogP contribution >= 0.6 is 23.1 Å².